The van der Waals surface area contributed by atoms with Crippen LogP contribution in [0.25, 0.3) is 6.08 Å². The van der Waals surface area contributed by atoms with Gasteiger partial charge in [0.1, 0.15) is 10.1 Å². The first kappa shape index (κ1) is 19.1. The number of para-hydroxylation sites is 1. The van der Waals surface area contributed by atoms with Gasteiger partial charge in [0.15, 0.2) is 0 Å². The predicted octanol–water partition coefficient (Wildman–Crippen LogP) is 4.05. The Morgan fingerprint density at radius 2 is 1.93 bits per heavy atom. The highest BCUT2D eigenvalue weighted by Gasteiger charge is 2.32. The van der Waals surface area contributed by atoms with Gasteiger partial charge in [0, 0.05) is 12.6 Å². The van der Waals surface area contributed by atoms with Crippen molar-refractivity contribution < 1.29 is 14.5 Å². The van der Waals surface area contributed by atoms with Crippen LogP contribution in [-0.2, 0) is 11.2 Å². The highest BCUT2D eigenvalue weighted by Crippen LogP contribution is 2.34. The predicted molar refractivity (Wildman–Crippen MR) is 110 cm³/mol. The number of nitro groups is 1. The SMILES string of the molecule is COc1ccc(CCN2C(=O)C(=Cc3ccccc3[N+](=O)[O-])SC2=S)cc1. The largest absolute Gasteiger partial charge is 0.497 e. The molecule has 1 amide bonds. The molecule has 0 N–H and O–H groups in total. The number of rotatable bonds is 6. The van der Waals surface area contributed by atoms with E-state index in [1.165, 1.54) is 17.0 Å². The Labute approximate surface area is 166 Å². The molecule has 3 rings (SSSR count). The quantitative estimate of drug-likeness (QED) is 0.315. The van der Waals surface area contributed by atoms with Gasteiger partial charge in [-0.1, -0.05) is 48.2 Å². The number of ether oxygens (including phenoxy) is 1. The second-order valence-corrected chi connectivity index (χ2v) is 7.42. The van der Waals surface area contributed by atoms with Gasteiger partial charge in [0.25, 0.3) is 11.6 Å². The molecule has 1 heterocycles. The fourth-order valence-corrected chi connectivity index (χ4v) is 3.94. The van der Waals surface area contributed by atoms with Crippen LogP contribution in [-0.4, -0.2) is 33.7 Å². The summed E-state index contributed by atoms with van der Waals surface area (Å²) in [5.41, 5.74) is 1.41. The van der Waals surface area contributed by atoms with Crippen LogP contribution in [0.1, 0.15) is 11.1 Å². The number of carbonyl (C=O) groups is 1. The minimum atomic E-state index is -0.462. The summed E-state index contributed by atoms with van der Waals surface area (Å²) in [6.45, 7) is 0.450. The molecular weight excluding hydrogens is 384 g/mol. The standard InChI is InChI=1S/C19H16N2O4S2/c1-25-15-8-6-13(7-9-15)10-11-20-18(22)17(27-19(20)26)12-14-4-2-3-5-16(14)21(23)24/h2-9,12H,10-11H2,1H3. The molecule has 0 aliphatic carbocycles. The first-order valence-corrected chi connectivity index (χ1v) is 9.34. The van der Waals surface area contributed by atoms with Crippen molar-refractivity contribution in [3.63, 3.8) is 0 Å². The Hall–Kier alpha value is -2.71. The monoisotopic (exact) mass is 400 g/mol. The van der Waals surface area contributed by atoms with Crippen molar-refractivity contribution in [2.24, 2.45) is 0 Å². The van der Waals surface area contributed by atoms with E-state index in [0.29, 0.717) is 27.8 Å². The summed E-state index contributed by atoms with van der Waals surface area (Å²) in [5.74, 6) is 0.549. The van der Waals surface area contributed by atoms with E-state index in [1.54, 1.807) is 25.3 Å². The van der Waals surface area contributed by atoms with Crippen LogP contribution in [0.4, 0.5) is 5.69 Å². The summed E-state index contributed by atoms with van der Waals surface area (Å²) < 4.78 is 5.59. The molecule has 1 aliphatic rings. The molecule has 0 bridgehead atoms. The minimum absolute atomic E-state index is 0.0407. The molecule has 2 aromatic carbocycles. The maximum Gasteiger partial charge on any atom is 0.276 e. The van der Waals surface area contributed by atoms with Gasteiger partial charge in [0.05, 0.1) is 22.5 Å². The van der Waals surface area contributed by atoms with Crippen molar-refractivity contribution in [2.75, 3.05) is 13.7 Å². The average Bonchev–Trinajstić information content (AvgIpc) is 2.94. The van der Waals surface area contributed by atoms with E-state index in [1.807, 2.05) is 24.3 Å². The van der Waals surface area contributed by atoms with Gasteiger partial charge in [-0.05, 0) is 36.3 Å². The third-order valence-electron chi connectivity index (χ3n) is 4.08. The van der Waals surface area contributed by atoms with Crippen molar-refractivity contribution in [1.82, 2.24) is 4.90 Å². The number of thioether (sulfide) groups is 1. The Kier molecular flexibility index (Phi) is 5.88. The summed E-state index contributed by atoms with van der Waals surface area (Å²) in [6.07, 6.45) is 2.18. The summed E-state index contributed by atoms with van der Waals surface area (Å²) in [7, 11) is 1.61. The van der Waals surface area contributed by atoms with E-state index in [2.05, 4.69) is 0 Å². The Morgan fingerprint density at radius 3 is 2.59 bits per heavy atom. The molecule has 0 aromatic heterocycles. The van der Waals surface area contributed by atoms with Crippen LogP contribution in [0.5, 0.6) is 5.75 Å². The Morgan fingerprint density at radius 1 is 1.22 bits per heavy atom. The average molecular weight is 400 g/mol. The fourth-order valence-electron chi connectivity index (χ4n) is 2.64. The van der Waals surface area contributed by atoms with Crippen molar-refractivity contribution in [3.8, 4) is 5.75 Å². The number of nitro benzene ring substituents is 1. The molecule has 138 valence electrons. The van der Waals surface area contributed by atoms with E-state index >= 15 is 0 Å². The first-order chi connectivity index (χ1) is 13.0. The number of hydrogen-bond acceptors (Lipinski definition) is 6. The zero-order chi connectivity index (χ0) is 19.4. The Balaban J connectivity index is 1.74. The normalized spacial score (nSPS) is 15.4. The van der Waals surface area contributed by atoms with Crippen LogP contribution in [0.3, 0.4) is 0 Å². The summed E-state index contributed by atoms with van der Waals surface area (Å²) in [6, 6.07) is 13.9. The van der Waals surface area contributed by atoms with Crippen molar-refractivity contribution in [1.29, 1.82) is 0 Å². The van der Waals surface area contributed by atoms with E-state index in [0.717, 1.165) is 23.1 Å². The maximum atomic E-state index is 12.7. The van der Waals surface area contributed by atoms with Gasteiger partial charge in [0.2, 0.25) is 0 Å². The molecule has 1 aliphatic heterocycles. The summed E-state index contributed by atoms with van der Waals surface area (Å²) in [5, 5.41) is 11.2. The third-order valence-corrected chi connectivity index (χ3v) is 5.45. The second kappa shape index (κ2) is 8.32. The lowest BCUT2D eigenvalue weighted by Gasteiger charge is -2.14. The minimum Gasteiger partial charge on any atom is -0.497 e. The number of carbonyl (C=O) groups excluding carboxylic acids is 1. The first-order valence-electron chi connectivity index (χ1n) is 8.11. The van der Waals surface area contributed by atoms with Gasteiger partial charge in [-0.2, -0.15) is 0 Å². The molecule has 0 spiro atoms. The summed E-state index contributed by atoms with van der Waals surface area (Å²) in [4.78, 5) is 25.3. The topological polar surface area (TPSA) is 72.7 Å². The number of nitrogens with zero attached hydrogens (tertiary/aromatic N) is 2. The molecular formula is C19H16N2O4S2. The lowest BCUT2D eigenvalue weighted by molar-refractivity contribution is -0.385. The highest BCUT2D eigenvalue weighted by atomic mass is 32.2. The summed E-state index contributed by atoms with van der Waals surface area (Å²) >= 11 is 6.49. The molecule has 0 radical (unpaired) electrons. The molecule has 8 heteroatoms. The number of thiocarbonyl (C=S) groups is 1. The molecule has 1 fully saturated rings. The number of hydrogen-bond donors (Lipinski definition) is 0. The third kappa shape index (κ3) is 4.35. The Bertz CT molecular complexity index is 926. The van der Waals surface area contributed by atoms with Crippen LogP contribution < -0.4 is 4.74 Å². The zero-order valence-corrected chi connectivity index (χ0v) is 16.1. The van der Waals surface area contributed by atoms with Crippen molar-refractivity contribution >= 4 is 46.0 Å². The number of benzene rings is 2. The van der Waals surface area contributed by atoms with Gasteiger partial charge < -0.3 is 4.74 Å². The highest BCUT2D eigenvalue weighted by molar-refractivity contribution is 8.26. The lowest BCUT2D eigenvalue weighted by Crippen LogP contribution is -2.30. The van der Waals surface area contributed by atoms with Crippen LogP contribution in [0.15, 0.2) is 53.4 Å². The van der Waals surface area contributed by atoms with Gasteiger partial charge in [-0.15, -0.1) is 0 Å². The van der Waals surface area contributed by atoms with Crippen molar-refractivity contribution in [3.05, 3.63) is 74.7 Å². The molecule has 27 heavy (non-hydrogen) atoms. The van der Waals surface area contributed by atoms with E-state index in [9.17, 15) is 14.9 Å². The zero-order valence-electron chi connectivity index (χ0n) is 14.5. The fraction of sp³-hybridized carbons (Fsp3) is 0.158. The van der Waals surface area contributed by atoms with Crippen molar-refractivity contribution in [2.45, 2.75) is 6.42 Å². The van der Waals surface area contributed by atoms with Crippen LogP contribution in [0, 0.1) is 10.1 Å². The molecule has 0 atom stereocenters. The molecule has 0 unspecified atom stereocenters. The van der Waals surface area contributed by atoms with Crippen LogP contribution in [0.2, 0.25) is 0 Å². The smallest absolute Gasteiger partial charge is 0.276 e. The van der Waals surface area contributed by atoms with E-state index < -0.39 is 4.92 Å². The van der Waals surface area contributed by atoms with Crippen LogP contribution >= 0.6 is 24.0 Å². The number of amides is 1. The lowest BCUT2D eigenvalue weighted by atomic mass is 10.1. The maximum absolute atomic E-state index is 12.7. The molecule has 2 aromatic rings. The van der Waals surface area contributed by atoms with E-state index in [-0.39, 0.29) is 11.6 Å². The number of methoxy groups -OCH3 is 1. The second-order valence-electron chi connectivity index (χ2n) is 5.75. The molecule has 1 saturated heterocycles. The van der Waals surface area contributed by atoms with Gasteiger partial charge in [-0.25, -0.2) is 0 Å². The van der Waals surface area contributed by atoms with E-state index in [4.69, 9.17) is 17.0 Å². The van der Waals surface area contributed by atoms with Gasteiger partial charge >= 0.3 is 0 Å². The molecule has 6 nitrogen and oxygen atoms in total. The molecule has 0 saturated carbocycles. The van der Waals surface area contributed by atoms with Gasteiger partial charge in [-0.3, -0.25) is 19.8 Å².